The molecular formula is C28H24Cl2N4. The Morgan fingerprint density at radius 2 is 1.47 bits per heavy atom. The Balaban J connectivity index is 1.32. The van der Waals surface area contributed by atoms with Gasteiger partial charge in [-0.25, -0.2) is 0 Å². The molecule has 1 atom stereocenters. The van der Waals surface area contributed by atoms with Gasteiger partial charge in [0.25, 0.3) is 0 Å². The first-order chi connectivity index (χ1) is 16.7. The molecule has 34 heavy (non-hydrogen) atoms. The SMILES string of the molecule is Clc1ccc(C(c2ccccc2)N2CCN(c3cccc4ncc5c(Cl)ccn5c34)CC2)cc1. The fraction of sp³-hybridized carbons (Fsp3) is 0.179. The molecule has 1 saturated heterocycles. The van der Waals surface area contributed by atoms with Crippen LogP contribution in [0.25, 0.3) is 16.6 Å². The van der Waals surface area contributed by atoms with E-state index >= 15 is 0 Å². The molecular weight excluding hydrogens is 463 g/mol. The summed E-state index contributed by atoms with van der Waals surface area (Å²) in [6.07, 6.45) is 3.89. The average Bonchev–Trinajstić information content (AvgIpc) is 3.27. The molecule has 5 aromatic rings. The molecule has 0 N–H and O–H groups in total. The lowest BCUT2D eigenvalue weighted by molar-refractivity contribution is 0.212. The topological polar surface area (TPSA) is 23.8 Å². The lowest BCUT2D eigenvalue weighted by atomic mass is 9.96. The fourth-order valence-corrected chi connectivity index (χ4v) is 5.43. The van der Waals surface area contributed by atoms with Gasteiger partial charge in [-0.05, 0) is 41.5 Å². The first-order valence-electron chi connectivity index (χ1n) is 11.5. The molecule has 6 heteroatoms. The van der Waals surface area contributed by atoms with Crippen LogP contribution in [0, 0.1) is 0 Å². The van der Waals surface area contributed by atoms with E-state index in [1.807, 2.05) is 30.6 Å². The molecule has 0 aliphatic carbocycles. The van der Waals surface area contributed by atoms with Crippen LogP contribution in [-0.2, 0) is 0 Å². The van der Waals surface area contributed by atoms with Crippen LogP contribution in [0.15, 0.2) is 91.3 Å². The van der Waals surface area contributed by atoms with Gasteiger partial charge in [-0.3, -0.25) is 9.88 Å². The summed E-state index contributed by atoms with van der Waals surface area (Å²) in [7, 11) is 0. The van der Waals surface area contributed by atoms with E-state index in [0.29, 0.717) is 0 Å². The van der Waals surface area contributed by atoms with E-state index in [1.54, 1.807) is 0 Å². The van der Waals surface area contributed by atoms with Crippen molar-refractivity contribution in [2.45, 2.75) is 6.04 Å². The number of fused-ring (bicyclic) bond motifs is 3. The third-order valence-corrected chi connectivity index (χ3v) is 7.33. The number of hydrogen-bond donors (Lipinski definition) is 0. The van der Waals surface area contributed by atoms with Gasteiger partial charge in [0, 0.05) is 37.4 Å². The first-order valence-corrected chi connectivity index (χ1v) is 12.3. The van der Waals surface area contributed by atoms with Gasteiger partial charge in [-0.2, -0.15) is 0 Å². The molecule has 0 amide bonds. The molecule has 1 aliphatic heterocycles. The van der Waals surface area contributed by atoms with Crippen LogP contribution in [0.5, 0.6) is 0 Å². The average molecular weight is 487 g/mol. The number of rotatable bonds is 4. The zero-order valence-electron chi connectivity index (χ0n) is 18.6. The highest BCUT2D eigenvalue weighted by Gasteiger charge is 2.27. The molecule has 1 aliphatic rings. The van der Waals surface area contributed by atoms with Gasteiger partial charge in [0.1, 0.15) is 0 Å². The summed E-state index contributed by atoms with van der Waals surface area (Å²) < 4.78 is 2.16. The molecule has 1 unspecified atom stereocenters. The first kappa shape index (κ1) is 21.5. The van der Waals surface area contributed by atoms with Crippen molar-refractivity contribution in [2.24, 2.45) is 0 Å². The van der Waals surface area contributed by atoms with Crippen LogP contribution in [0.3, 0.4) is 0 Å². The molecule has 3 aromatic carbocycles. The van der Waals surface area contributed by atoms with Crippen LogP contribution >= 0.6 is 23.2 Å². The van der Waals surface area contributed by atoms with Gasteiger partial charge in [-0.1, -0.05) is 71.7 Å². The largest absolute Gasteiger partial charge is 0.367 e. The van der Waals surface area contributed by atoms with E-state index in [2.05, 4.69) is 79.8 Å². The van der Waals surface area contributed by atoms with Gasteiger partial charge in [-0.15, -0.1) is 0 Å². The summed E-state index contributed by atoms with van der Waals surface area (Å²) in [6.45, 7) is 3.77. The van der Waals surface area contributed by atoms with Gasteiger partial charge in [0.15, 0.2) is 0 Å². The van der Waals surface area contributed by atoms with Crippen molar-refractivity contribution < 1.29 is 0 Å². The maximum atomic E-state index is 6.40. The normalized spacial score (nSPS) is 15.8. The minimum atomic E-state index is 0.199. The number of benzene rings is 3. The van der Waals surface area contributed by atoms with Crippen molar-refractivity contribution in [2.75, 3.05) is 31.1 Å². The van der Waals surface area contributed by atoms with E-state index < -0.39 is 0 Å². The maximum Gasteiger partial charge on any atom is 0.0951 e. The van der Waals surface area contributed by atoms with Gasteiger partial charge < -0.3 is 9.30 Å². The van der Waals surface area contributed by atoms with Crippen LogP contribution in [0.1, 0.15) is 17.2 Å². The second-order valence-corrected chi connectivity index (χ2v) is 9.55. The minimum absolute atomic E-state index is 0.199. The number of nitrogens with zero attached hydrogens (tertiary/aromatic N) is 4. The monoisotopic (exact) mass is 486 g/mol. The Morgan fingerprint density at radius 1 is 0.735 bits per heavy atom. The predicted molar refractivity (Wildman–Crippen MR) is 141 cm³/mol. The van der Waals surface area contributed by atoms with Crippen molar-refractivity contribution in [3.8, 4) is 0 Å². The molecule has 6 rings (SSSR count). The summed E-state index contributed by atoms with van der Waals surface area (Å²) in [4.78, 5) is 9.71. The lowest BCUT2D eigenvalue weighted by Gasteiger charge is -2.41. The Bertz CT molecular complexity index is 1440. The van der Waals surface area contributed by atoms with Crippen molar-refractivity contribution >= 4 is 45.4 Å². The molecule has 4 nitrogen and oxygen atoms in total. The highest BCUT2D eigenvalue weighted by molar-refractivity contribution is 6.34. The highest BCUT2D eigenvalue weighted by atomic mass is 35.5. The number of halogens is 2. The summed E-state index contributed by atoms with van der Waals surface area (Å²) in [6, 6.07) is 27.5. The van der Waals surface area contributed by atoms with Gasteiger partial charge >= 0.3 is 0 Å². The standard InChI is InChI=1S/C28H24Cl2N4/c29-22-11-9-21(10-12-22)27(20-5-2-1-3-6-20)33-17-15-32(16-18-33)25-8-4-7-24-28(25)34-14-13-23(30)26(34)19-31-24/h1-14,19,27H,15-18H2. The molecule has 0 saturated carbocycles. The second kappa shape index (κ2) is 8.95. The molecule has 2 aromatic heterocycles. The summed E-state index contributed by atoms with van der Waals surface area (Å²) in [5.41, 5.74) is 6.79. The van der Waals surface area contributed by atoms with Crippen molar-refractivity contribution in [1.82, 2.24) is 14.3 Å². The van der Waals surface area contributed by atoms with E-state index in [1.165, 1.54) is 16.8 Å². The van der Waals surface area contributed by atoms with E-state index in [4.69, 9.17) is 23.2 Å². The Kier molecular flexibility index (Phi) is 5.66. The summed E-state index contributed by atoms with van der Waals surface area (Å²) >= 11 is 12.6. The molecule has 170 valence electrons. The van der Waals surface area contributed by atoms with Gasteiger partial charge in [0.05, 0.1) is 39.5 Å². The fourth-order valence-electron chi connectivity index (χ4n) is 5.11. The summed E-state index contributed by atoms with van der Waals surface area (Å²) in [5.74, 6) is 0. The van der Waals surface area contributed by atoms with E-state index in [-0.39, 0.29) is 6.04 Å². The Morgan fingerprint density at radius 3 is 2.24 bits per heavy atom. The Hall–Kier alpha value is -3.05. The van der Waals surface area contributed by atoms with Crippen LogP contribution in [-0.4, -0.2) is 40.5 Å². The molecule has 0 radical (unpaired) electrons. The van der Waals surface area contributed by atoms with Crippen molar-refractivity contribution in [3.63, 3.8) is 0 Å². The third-order valence-electron chi connectivity index (χ3n) is 6.76. The Labute approximate surface area is 209 Å². The predicted octanol–water partition coefficient (Wildman–Crippen LogP) is 6.71. The molecule has 0 bridgehead atoms. The maximum absolute atomic E-state index is 6.40. The minimum Gasteiger partial charge on any atom is -0.367 e. The van der Waals surface area contributed by atoms with Crippen molar-refractivity contribution in [3.05, 3.63) is 112 Å². The zero-order valence-corrected chi connectivity index (χ0v) is 20.1. The van der Waals surface area contributed by atoms with Crippen LogP contribution in [0.4, 0.5) is 5.69 Å². The summed E-state index contributed by atoms with van der Waals surface area (Å²) in [5, 5.41) is 1.49. The number of aromatic nitrogens is 2. The number of para-hydroxylation sites is 1. The smallest absolute Gasteiger partial charge is 0.0951 e. The van der Waals surface area contributed by atoms with Crippen molar-refractivity contribution in [1.29, 1.82) is 0 Å². The van der Waals surface area contributed by atoms with Gasteiger partial charge in [0.2, 0.25) is 0 Å². The van der Waals surface area contributed by atoms with E-state index in [9.17, 15) is 0 Å². The zero-order chi connectivity index (χ0) is 23.1. The molecule has 3 heterocycles. The third kappa shape index (κ3) is 3.82. The lowest BCUT2D eigenvalue weighted by Crippen LogP contribution is -2.48. The number of piperazine rings is 1. The van der Waals surface area contributed by atoms with Crippen LogP contribution < -0.4 is 4.90 Å². The molecule has 1 fully saturated rings. The van der Waals surface area contributed by atoms with E-state index in [0.717, 1.165) is 52.8 Å². The number of hydrogen-bond acceptors (Lipinski definition) is 3. The highest BCUT2D eigenvalue weighted by Crippen LogP contribution is 2.33. The quantitative estimate of drug-likeness (QED) is 0.282. The number of anilines is 1. The molecule has 0 spiro atoms. The van der Waals surface area contributed by atoms with Crippen LogP contribution in [0.2, 0.25) is 10.0 Å². The second-order valence-electron chi connectivity index (χ2n) is 8.71.